The lowest BCUT2D eigenvalue weighted by Gasteiger charge is -2.14. The maximum atomic E-state index is 12.6. The summed E-state index contributed by atoms with van der Waals surface area (Å²) in [6, 6.07) is 13.8. The molecule has 4 rings (SSSR count). The zero-order valence-corrected chi connectivity index (χ0v) is 12.8. The number of ether oxygens (including phenoxy) is 1. The number of carbonyl (C=O) groups is 1. The van der Waals surface area contributed by atoms with Crippen molar-refractivity contribution in [2.75, 3.05) is 13.2 Å². The molecule has 2 aliphatic rings. The molecule has 2 N–H and O–H groups in total. The van der Waals surface area contributed by atoms with Gasteiger partial charge in [0.1, 0.15) is 18.5 Å². The number of ketones is 1. The van der Waals surface area contributed by atoms with Gasteiger partial charge in [-0.25, -0.2) is 0 Å². The Kier molecular flexibility index (Phi) is 3.63. The highest BCUT2D eigenvalue weighted by molar-refractivity contribution is 6.23. The van der Waals surface area contributed by atoms with Crippen LogP contribution in [0.15, 0.2) is 42.5 Å². The second kappa shape index (κ2) is 5.80. The number of nitrogens with one attached hydrogen (secondary N) is 1. The number of hydrogen-bond donors (Lipinski definition) is 2. The fraction of sp³-hybridized carbons (Fsp3) is 0.316. The van der Waals surface area contributed by atoms with Gasteiger partial charge in [0.05, 0.1) is 5.56 Å². The molecule has 2 aromatic carbocycles. The number of aliphatic hydroxyl groups excluding tert-OH is 1. The number of hydrogen-bond acceptors (Lipinski definition) is 4. The molecular formula is C19H19NO3. The molecule has 0 aliphatic heterocycles. The molecule has 1 saturated carbocycles. The van der Waals surface area contributed by atoms with Crippen molar-refractivity contribution in [2.45, 2.75) is 25.0 Å². The third kappa shape index (κ3) is 2.76. The Morgan fingerprint density at radius 1 is 1.09 bits per heavy atom. The molecule has 4 heteroatoms. The minimum absolute atomic E-state index is 0.00297. The van der Waals surface area contributed by atoms with Crippen LogP contribution < -0.4 is 10.1 Å². The first-order valence-electron chi connectivity index (χ1n) is 8.05. The van der Waals surface area contributed by atoms with Crippen molar-refractivity contribution in [2.24, 2.45) is 0 Å². The molecule has 2 aromatic rings. The summed E-state index contributed by atoms with van der Waals surface area (Å²) < 4.78 is 5.75. The number of aliphatic hydroxyl groups is 1. The molecule has 0 spiro atoms. The summed E-state index contributed by atoms with van der Waals surface area (Å²) in [5, 5.41) is 13.3. The van der Waals surface area contributed by atoms with Crippen molar-refractivity contribution >= 4 is 5.78 Å². The summed E-state index contributed by atoms with van der Waals surface area (Å²) in [6.07, 6.45) is 1.80. The smallest absolute Gasteiger partial charge is 0.198 e. The topological polar surface area (TPSA) is 58.6 Å². The maximum absolute atomic E-state index is 12.6. The van der Waals surface area contributed by atoms with E-state index < -0.39 is 6.10 Å². The largest absolute Gasteiger partial charge is 0.490 e. The van der Waals surface area contributed by atoms with Crippen LogP contribution in [0.25, 0.3) is 11.1 Å². The number of benzene rings is 2. The van der Waals surface area contributed by atoms with Crippen LogP contribution in [0.3, 0.4) is 0 Å². The highest BCUT2D eigenvalue weighted by atomic mass is 16.5. The van der Waals surface area contributed by atoms with Crippen LogP contribution in [0.5, 0.6) is 5.75 Å². The van der Waals surface area contributed by atoms with Crippen molar-refractivity contribution in [3.63, 3.8) is 0 Å². The van der Waals surface area contributed by atoms with E-state index in [1.807, 2.05) is 36.4 Å². The van der Waals surface area contributed by atoms with Gasteiger partial charge in [0.25, 0.3) is 0 Å². The molecule has 118 valence electrons. The van der Waals surface area contributed by atoms with Gasteiger partial charge in [-0.2, -0.15) is 0 Å². The Labute approximate surface area is 135 Å². The van der Waals surface area contributed by atoms with E-state index in [0.29, 0.717) is 23.9 Å². The van der Waals surface area contributed by atoms with Gasteiger partial charge in [0, 0.05) is 18.2 Å². The van der Waals surface area contributed by atoms with Crippen LogP contribution in [0.1, 0.15) is 28.8 Å². The standard InChI is InChI=1S/C19H19NO3/c21-13(10-20-12-8-9-12)11-23-17-7-3-6-15-14-4-1-2-5-16(14)19(22)18(15)17/h1-7,12-13,20-21H,8-11H2. The first-order chi connectivity index (χ1) is 11.2. The third-order valence-corrected chi connectivity index (χ3v) is 4.37. The fourth-order valence-electron chi connectivity index (χ4n) is 3.00. The predicted octanol–water partition coefficient (Wildman–Crippen LogP) is 2.39. The Balaban J connectivity index is 1.51. The minimum Gasteiger partial charge on any atom is -0.490 e. The summed E-state index contributed by atoms with van der Waals surface area (Å²) in [7, 11) is 0. The maximum Gasteiger partial charge on any atom is 0.198 e. The molecule has 1 atom stereocenters. The molecule has 0 radical (unpaired) electrons. The van der Waals surface area contributed by atoms with E-state index in [-0.39, 0.29) is 12.4 Å². The van der Waals surface area contributed by atoms with Crippen molar-refractivity contribution in [1.82, 2.24) is 5.32 Å². The van der Waals surface area contributed by atoms with Crippen LogP contribution in [0.4, 0.5) is 0 Å². The van der Waals surface area contributed by atoms with Crippen molar-refractivity contribution < 1.29 is 14.6 Å². The van der Waals surface area contributed by atoms with E-state index in [9.17, 15) is 9.90 Å². The lowest BCUT2D eigenvalue weighted by Crippen LogP contribution is -2.32. The SMILES string of the molecule is O=C1c2ccccc2-c2cccc(OCC(O)CNC3CC3)c21. The van der Waals surface area contributed by atoms with E-state index in [0.717, 1.165) is 16.7 Å². The van der Waals surface area contributed by atoms with E-state index in [1.54, 1.807) is 6.07 Å². The van der Waals surface area contributed by atoms with E-state index in [1.165, 1.54) is 12.8 Å². The second-order valence-corrected chi connectivity index (χ2v) is 6.20. The van der Waals surface area contributed by atoms with E-state index in [2.05, 4.69) is 5.32 Å². The number of fused-ring (bicyclic) bond motifs is 3. The van der Waals surface area contributed by atoms with Gasteiger partial charge in [-0.15, -0.1) is 0 Å². The average Bonchev–Trinajstić information content (AvgIpc) is 3.37. The number of carbonyl (C=O) groups excluding carboxylic acids is 1. The molecule has 0 bridgehead atoms. The molecule has 23 heavy (non-hydrogen) atoms. The summed E-state index contributed by atoms with van der Waals surface area (Å²) in [4.78, 5) is 12.6. The van der Waals surface area contributed by atoms with Crippen molar-refractivity contribution in [3.05, 3.63) is 53.6 Å². The van der Waals surface area contributed by atoms with Gasteiger partial charge in [0.15, 0.2) is 5.78 Å². The Hall–Kier alpha value is -2.17. The molecule has 1 unspecified atom stereocenters. The zero-order chi connectivity index (χ0) is 15.8. The zero-order valence-electron chi connectivity index (χ0n) is 12.8. The second-order valence-electron chi connectivity index (χ2n) is 6.20. The molecule has 0 amide bonds. The van der Waals surface area contributed by atoms with Crippen LogP contribution in [-0.4, -0.2) is 36.2 Å². The fourth-order valence-corrected chi connectivity index (χ4v) is 3.00. The lowest BCUT2D eigenvalue weighted by atomic mass is 10.1. The van der Waals surface area contributed by atoms with Crippen LogP contribution in [0.2, 0.25) is 0 Å². The van der Waals surface area contributed by atoms with Gasteiger partial charge in [-0.05, 0) is 30.0 Å². The van der Waals surface area contributed by atoms with Gasteiger partial charge in [-0.3, -0.25) is 4.79 Å². The average molecular weight is 309 g/mol. The predicted molar refractivity (Wildman–Crippen MR) is 87.8 cm³/mol. The molecule has 0 aromatic heterocycles. The quantitative estimate of drug-likeness (QED) is 0.734. The summed E-state index contributed by atoms with van der Waals surface area (Å²) in [5.74, 6) is 0.547. The summed E-state index contributed by atoms with van der Waals surface area (Å²) in [6.45, 7) is 0.702. The van der Waals surface area contributed by atoms with Crippen molar-refractivity contribution in [3.8, 4) is 16.9 Å². The van der Waals surface area contributed by atoms with Gasteiger partial charge in [0.2, 0.25) is 0 Å². The van der Waals surface area contributed by atoms with Gasteiger partial charge >= 0.3 is 0 Å². The molecule has 1 fully saturated rings. The van der Waals surface area contributed by atoms with E-state index in [4.69, 9.17) is 4.74 Å². The molecular weight excluding hydrogens is 290 g/mol. The van der Waals surface area contributed by atoms with Crippen LogP contribution >= 0.6 is 0 Å². The lowest BCUT2D eigenvalue weighted by molar-refractivity contribution is 0.0992. The highest BCUT2D eigenvalue weighted by Crippen LogP contribution is 2.40. The van der Waals surface area contributed by atoms with Gasteiger partial charge in [-0.1, -0.05) is 36.4 Å². The highest BCUT2D eigenvalue weighted by Gasteiger charge is 2.29. The normalized spacial score (nSPS) is 16.8. The Morgan fingerprint density at radius 2 is 1.83 bits per heavy atom. The number of rotatable bonds is 6. The van der Waals surface area contributed by atoms with Crippen LogP contribution in [-0.2, 0) is 0 Å². The summed E-state index contributed by atoms with van der Waals surface area (Å²) in [5.41, 5.74) is 3.19. The molecule has 0 saturated heterocycles. The summed E-state index contributed by atoms with van der Waals surface area (Å²) >= 11 is 0. The third-order valence-electron chi connectivity index (χ3n) is 4.37. The first kappa shape index (κ1) is 14.4. The molecule has 2 aliphatic carbocycles. The van der Waals surface area contributed by atoms with Crippen molar-refractivity contribution in [1.29, 1.82) is 0 Å². The van der Waals surface area contributed by atoms with Crippen LogP contribution in [0, 0.1) is 0 Å². The molecule has 4 nitrogen and oxygen atoms in total. The van der Waals surface area contributed by atoms with Gasteiger partial charge < -0.3 is 15.2 Å². The minimum atomic E-state index is -0.578. The first-order valence-corrected chi connectivity index (χ1v) is 8.05. The van der Waals surface area contributed by atoms with E-state index >= 15 is 0 Å². The Bertz CT molecular complexity index is 752. The molecule has 0 heterocycles. The Morgan fingerprint density at radius 3 is 2.61 bits per heavy atom. The monoisotopic (exact) mass is 309 g/mol.